The van der Waals surface area contributed by atoms with E-state index < -0.39 is 11.9 Å². The molecule has 4 fully saturated rings. The molecule has 1 aliphatic carbocycles. The molecule has 6 rings (SSSR count). The summed E-state index contributed by atoms with van der Waals surface area (Å²) < 4.78 is 6.61. The van der Waals surface area contributed by atoms with E-state index in [1.807, 2.05) is 23.1 Å². The van der Waals surface area contributed by atoms with E-state index in [1.165, 1.54) is 6.42 Å². The third-order valence-corrected chi connectivity index (χ3v) is 10.3. The van der Waals surface area contributed by atoms with Crippen molar-refractivity contribution in [1.82, 2.24) is 20.0 Å². The van der Waals surface area contributed by atoms with E-state index in [1.54, 1.807) is 4.90 Å². The second-order valence-corrected chi connectivity index (χ2v) is 13.0. The Balaban J connectivity index is 0.994. The summed E-state index contributed by atoms with van der Waals surface area (Å²) in [5, 5.41) is 11.0. The molecule has 1 aromatic carbocycles. The van der Waals surface area contributed by atoms with Crippen molar-refractivity contribution in [1.29, 1.82) is 5.26 Å². The zero-order valence-corrected chi connectivity index (χ0v) is 25.0. The maximum Gasteiger partial charge on any atom is 0.255 e. The minimum Gasteiger partial charge on any atom is -0.489 e. The van der Waals surface area contributed by atoms with E-state index in [2.05, 4.69) is 16.3 Å². The van der Waals surface area contributed by atoms with Gasteiger partial charge in [-0.05, 0) is 87.0 Å². The van der Waals surface area contributed by atoms with Gasteiger partial charge in [-0.1, -0.05) is 6.42 Å². The first-order valence-electron chi connectivity index (χ1n) is 16.2. The average molecular weight is 590 g/mol. The minimum absolute atomic E-state index is 0.108. The number of nitriles is 1. The number of likely N-dealkylation sites (tertiary alicyclic amines) is 2. The van der Waals surface area contributed by atoms with Gasteiger partial charge in [0.15, 0.2) is 0 Å². The van der Waals surface area contributed by atoms with E-state index in [0.717, 1.165) is 82.4 Å². The number of carbonyl (C=O) groups is 4. The van der Waals surface area contributed by atoms with Gasteiger partial charge in [-0.15, -0.1) is 0 Å². The van der Waals surface area contributed by atoms with Crippen molar-refractivity contribution in [2.45, 2.75) is 102 Å². The zero-order chi connectivity index (χ0) is 29.9. The number of nitrogens with zero attached hydrogens (tertiary/aromatic N) is 4. The van der Waals surface area contributed by atoms with E-state index in [4.69, 9.17) is 10.00 Å². The van der Waals surface area contributed by atoms with Crippen LogP contribution in [0, 0.1) is 23.2 Å². The summed E-state index contributed by atoms with van der Waals surface area (Å²) in [6.07, 6.45) is 10.1. The van der Waals surface area contributed by atoms with Crippen LogP contribution in [-0.2, 0) is 20.9 Å². The van der Waals surface area contributed by atoms with Crippen LogP contribution in [0.4, 0.5) is 0 Å². The van der Waals surface area contributed by atoms with Crippen LogP contribution < -0.4 is 10.1 Å². The van der Waals surface area contributed by atoms with E-state index >= 15 is 0 Å². The molecule has 5 aliphatic rings. The van der Waals surface area contributed by atoms with Gasteiger partial charge in [0.25, 0.3) is 5.91 Å². The highest BCUT2D eigenvalue weighted by molar-refractivity contribution is 6.05. The molecule has 0 spiro atoms. The number of ether oxygens (including phenoxy) is 1. The number of hydrogen-bond acceptors (Lipinski definition) is 7. The fourth-order valence-corrected chi connectivity index (χ4v) is 7.81. The number of hydrogen-bond donors (Lipinski definition) is 1. The van der Waals surface area contributed by atoms with Crippen molar-refractivity contribution in [3.05, 3.63) is 29.3 Å². The van der Waals surface area contributed by atoms with Gasteiger partial charge in [-0.25, -0.2) is 0 Å². The van der Waals surface area contributed by atoms with Crippen molar-refractivity contribution in [2.24, 2.45) is 11.8 Å². The van der Waals surface area contributed by atoms with Crippen molar-refractivity contribution in [2.75, 3.05) is 26.2 Å². The SMILES string of the molecule is N#CCCCCC(=O)N1CCC(C2CN([C@H]3CCCC[C@@H]3Oc3ccc4c(c3)CN(C3CCC(=O)NC3=O)C4=O)C2)CC1. The summed E-state index contributed by atoms with van der Waals surface area (Å²) in [5.74, 6) is 1.53. The topological polar surface area (TPSA) is 123 Å². The molecule has 10 heteroatoms. The Hall–Kier alpha value is -3.45. The number of carbonyl (C=O) groups excluding carboxylic acids is 4. The van der Waals surface area contributed by atoms with Crippen LogP contribution in [0.3, 0.4) is 0 Å². The lowest BCUT2D eigenvalue weighted by Gasteiger charge is -2.51. The second-order valence-electron chi connectivity index (χ2n) is 13.0. The molecule has 3 atom stereocenters. The highest BCUT2D eigenvalue weighted by Crippen LogP contribution is 2.38. The zero-order valence-electron chi connectivity index (χ0n) is 25.0. The van der Waals surface area contributed by atoms with Crippen molar-refractivity contribution >= 4 is 23.6 Å². The van der Waals surface area contributed by atoms with E-state index in [0.29, 0.717) is 49.2 Å². The molecule has 10 nitrogen and oxygen atoms in total. The molecule has 1 saturated carbocycles. The fraction of sp³-hybridized carbons (Fsp3) is 0.667. The lowest BCUT2D eigenvalue weighted by atomic mass is 9.77. The average Bonchev–Trinajstić information content (AvgIpc) is 3.30. The van der Waals surface area contributed by atoms with Crippen LogP contribution in [0.5, 0.6) is 5.75 Å². The van der Waals surface area contributed by atoms with E-state index in [9.17, 15) is 19.2 Å². The van der Waals surface area contributed by atoms with Crippen LogP contribution >= 0.6 is 0 Å². The lowest BCUT2D eigenvalue weighted by molar-refractivity contribution is -0.137. The smallest absolute Gasteiger partial charge is 0.255 e. The molecule has 1 unspecified atom stereocenters. The Bertz CT molecular complexity index is 1280. The third kappa shape index (κ3) is 6.42. The van der Waals surface area contributed by atoms with Gasteiger partial charge in [0, 0.05) is 63.6 Å². The molecular formula is C33H43N5O5. The molecule has 4 heterocycles. The highest BCUT2D eigenvalue weighted by Gasteiger charge is 2.43. The Labute approximate surface area is 253 Å². The largest absolute Gasteiger partial charge is 0.489 e. The molecule has 43 heavy (non-hydrogen) atoms. The third-order valence-electron chi connectivity index (χ3n) is 10.3. The Morgan fingerprint density at radius 2 is 1.79 bits per heavy atom. The Morgan fingerprint density at radius 3 is 2.56 bits per heavy atom. The monoisotopic (exact) mass is 589 g/mol. The van der Waals surface area contributed by atoms with Crippen molar-refractivity contribution in [3.63, 3.8) is 0 Å². The maximum atomic E-state index is 13.1. The molecule has 1 aromatic rings. The van der Waals surface area contributed by atoms with Gasteiger partial charge in [-0.2, -0.15) is 5.26 Å². The summed E-state index contributed by atoms with van der Waals surface area (Å²) in [7, 11) is 0. The molecule has 4 amide bonds. The lowest BCUT2D eigenvalue weighted by Crippen LogP contribution is -2.60. The van der Waals surface area contributed by atoms with Crippen LogP contribution in [0.1, 0.15) is 93.0 Å². The summed E-state index contributed by atoms with van der Waals surface area (Å²) >= 11 is 0. The van der Waals surface area contributed by atoms with Gasteiger partial charge in [-0.3, -0.25) is 29.4 Å². The standard InChI is InChI=1S/C33H43N5O5/c34-15-5-1-2-8-31(40)36-16-13-22(14-17-36)24-19-37(20-24)27-6-3-4-7-29(27)43-25-9-10-26-23(18-25)21-38(33(26)42)28-11-12-30(39)35-32(28)41/h9-10,18,22,24,27-29H,1-8,11-14,16-17,19-21H2,(H,35,39,41)/t27-,28?,29-/m0/s1. The Kier molecular flexibility index (Phi) is 8.98. The first-order chi connectivity index (χ1) is 20.9. The molecule has 1 N–H and O–H groups in total. The molecule has 0 radical (unpaired) electrons. The number of unbranched alkanes of at least 4 members (excludes halogenated alkanes) is 2. The number of fused-ring (bicyclic) bond motifs is 1. The highest BCUT2D eigenvalue weighted by atomic mass is 16.5. The minimum atomic E-state index is -0.614. The van der Waals surface area contributed by atoms with Crippen LogP contribution in [0.2, 0.25) is 0 Å². The van der Waals surface area contributed by atoms with Crippen LogP contribution in [0.25, 0.3) is 0 Å². The molecular weight excluding hydrogens is 546 g/mol. The van der Waals surface area contributed by atoms with Gasteiger partial charge >= 0.3 is 0 Å². The number of nitrogens with one attached hydrogen (secondary N) is 1. The summed E-state index contributed by atoms with van der Waals surface area (Å²) in [4.78, 5) is 55.8. The van der Waals surface area contributed by atoms with Crippen LogP contribution in [0.15, 0.2) is 18.2 Å². The molecule has 0 aromatic heterocycles. The number of imide groups is 1. The summed E-state index contributed by atoms with van der Waals surface area (Å²) in [6, 6.07) is 7.58. The normalized spacial score (nSPS) is 27.0. The van der Waals surface area contributed by atoms with Gasteiger partial charge in [0.05, 0.1) is 6.07 Å². The first kappa shape index (κ1) is 29.6. The van der Waals surface area contributed by atoms with E-state index in [-0.39, 0.29) is 30.2 Å². The number of amides is 4. The molecule has 230 valence electrons. The maximum absolute atomic E-state index is 13.1. The van der Waals surface area contributed by atoms with Gasteiger partial charge in [0.2, 0.25) is 17.7 Å². The molecule has 0 bridgehead atoms. The quantitative estimate of drug-likeness (QED) is 0.346. The number of rotatable bonds is 9. The van der Waals surface area contributed by atoms with Crippen molar-refractivity contribution < 1.29 is 23.9 Å². The first-order valence-corrected chi connectivity index (χ1v) is 16.2. The molecule has 3 saturated heterocycles. The summed E-state index contributed by atoms with van der Waals surface area (Å²) in [6.45, 7) is 4.25. The predicted molar refractivity (Wildman–Crippen MR) is 158 cm³/mol. The van der Waals surface area contributed by atoms with Crippen LogP contribution in [-0.4, -0.2) is 82.7 Å². The second kappa shape index (κ2) is 13.0. The van der Waals surface area contributed by atoms with Crippen molar-refractivity contribution in [3.8, 4) is 11.8 Å². The van der Waals surface area contributed by atoms with Gasteiger partial charge in [0.1, 0.15) is 17.9 Å². The molecule has 4 aliphatic heterocycles. The predicted octanol–water partition coefficient (Wildman–Crippen LogP) is 3.39. The van der Waals surface area contributed by atoms with Gasteiger partial charge < -0.3 is 14.5 Å². The number of benzene rings is 1. The Morgan fingerprint density at radius 1 is 1.00 bits per heavy atom. The fourth-order valence-electron chi connectivity index (χ4n) is 7.81. The number of piperidine rings is 2. The summed E-state index contributed by atoms with van der Waals surface area (Å²) in [5.41, 5.74) is 1.48.